The van der Waals surface area contributed by atoms with E-state index < -0.39 is 11.2 Å². The van der Waals surface area contributed by atoms with Gasteiger partial charge in [-0.3, -0.25) is 14.3 Å². The number of aromatic nitrogens is 6. The molecule has 11 heteroatoms. The number of ether oxygens (including phenoxy) is 1. The van der Waals surface area contributed by atoms with Crippen molar-refractivity contribution in [3.05, 3.63) is 39.3 Å². The number of aryl methyl sites for hydroxylation is 2. The summed E-state index contributed by atoms with van der Waals surface area (Å²) in [6.45, 7) is 5.88. The minimum absolute atomic E-state index is 0.0428. The zero-order valence-electron chi connectivity index (χ0n) is 16.5. The maximum Gasteiger partial charge on any atom is 0.329 e. The second-order valence-electron chi connectivity index (χ2n) is 7.10. The molecule has 0 unspecified atom stereocenters. The zero-order chi connectivity index (χ0) is 20.5. The van der Waals surface area contributed by atoms with Crippen LogP contribution >= 0.6 is 11.8 Å². The zero-order valence-corrected chi connectivity index (χ0v) is 17.3. The topological polar surface area (TPSA) is 111 Å². The quantitative estimate of drug-likeness (QED) is 0.475. The second-order valence-corrected chi connectivity index (χ2v) is 8.16. The molecule has 3 aromatic rings. The molecule has 4 heterocycles. The SMILES string of the molecule is C[C@H]1CN(c2nc3c(c(=O)[nH]c(=O)n3C)n2CCSc2ncccn2)C[C@H](C)O1. The fraction of sp³-hybridized carbons (Fsp3) is 0.500. The first kappa shape index (κ1) is 19.6. The number of morpholine rings is 1. The molecular formula is C18H23N7O3S. The van der Waals surface area contributed by atoms with Crippen LogP contribution in [0.4, 0.5) is 5.95 Å². The number of H-pyrrole nitrogens is 1. The molecule has 0 spiro atoms. The molecule has 1 N–H and O–H groups in total. The highest BCUT2D eigenvalue weighted by Gasteiger charge is 2.28. The van der Waals surface area contributed by atoms with Crippen molar-refractivity contribution in [3.63, 3.8) is 0 Å². The summed E-state index contributed by atoms with van der Waals surface area (Å²) in [5.41, 5.74) is -0.142. The van der Waals surface area contributed by atoms with Crippen LogP contribution < -0.4 is 16.1 Å². The molecular weight excluding hydrogens is 394 g/mol. The van der Waals surface area contributed by atoms with E-state index in [0.717, 1.165) is 0 Å². The Kier molecular flexibility index (Phi) is 5.41. The summed E-state index contributed by atoms with van der Waals surface area (Å²) in [6.07, 6.45) is 3.48. The van der Waals surface area contributed by atoms with Gasteiger partial charge in [-0.15, -0.1) is 0 Å². The van der Waals surface area contributed by atoms with Gasteiger partial charge in [-0.2, -0.15) is 4.98 Å². The third kappa shape index (κ3) is 3.92. The number of thioether (sulfide) groups is 1. The third-order valence-electron chi connectivity index (χ3n) is 4.78. The summed E-state index contributed by atoms with van der Waals surface area (Å²) in [7, 11) is 1.61. The molecule has 0 bridgehead atoms. The highest BCUT2D eigenvalue weighted by atomic mass is 32.2. The molecule has 154 valence electrons. The van der Waals surface area contributed by atoms with Crippen LogP contribution in [0.25, 0.3) is 11.2 Å². The van der Waals surface area contributed by atoms with Gasteiger partial charge in [0.05, 0.1) is 12.2 Å². The third-order valence-corrected chi connectivity index (χ3v) is 5.63. The van der Waals surface area contributed by atoms with Crippen LogP contribution in [0.3, 0.4) is 0 Å². The van der Waals surface area contributed by atoms with Gasteiger partial charge in [0.2, 0.25) is 5.95 Å². The minimum atomic E-state index is -0.477. The second kappa shape index (κ2) is 7.99. The van der Waals surface area contributed by atoms with E-state index >= 15 is 0 Å². The van der Waals surface area contributed by atoms with Crippen molar-refractivity contribution in [2.45, 2.75) is 37.8 Å². The predicted molar refractivity (Wildman–Crippen MR) is 111 cm³/mol. The Balaban J connectivity index is 1.74. The van der Waals surface area contributed by atoms with E-state index in [1.165, 1.54) is 16.3 Å². The van der Waals surface area contributed by atoms with Gasteiger partial charge in [0.15, 0.2) is 16.3 Å². The fourth-order valence-electron chi connectivity index (χ4n) is 3.61. The number of fused-ring (bicyclic) bond motifs is 1. The monoisotopic (exact) mass is 417 g/mol. The van der Waals surface area contributed by atoms with Gasteiger partial charge < -0.3 is 14.2 Å². The van der Waals surface area contributed by atoms with Crippen molar-refractivity contribution in [3.8, 4) is 0 Å². The number of hydrogen-bond acceptors (Lipinski definition) is 8. The summed E-state index contributed by atoms with van der Waals surface area (Å²) in [6, 6.07) is 1.77. The van der Waals surface area contributed by atoms with E-state index in [4.69, 9.17) is 4.74 Å². The molecule has 10 nitrogen and oxygen atoms in total. The van der Waals surface area contributed by atoms with Crippen LogP contribution in [0.2, 0.25) is 0 Å². The van der Waals surface area contributed by atoms with Gasteiger partial charge in [-0.25, -0.2) is 14.8 Å². The average Bonchev–Trinajstić information content (AvgIpc) is 3.07. The maximum atomic E-state index is 12.6. The Morgan fingerprint density at radius 2 is 1.90 bits per heavy atom. The number of nitrogens with zero attached hydrogens (tertiary/aromatic N) is 6. The first-order chi connectivity index (χ1) is 13.9. The van der Waals surface area contributed by atoms with Crippen LogP contribution in [0.1, 0.15) is 13.8 Å². The summed E-state index contributed by atoms with van der Waals surface area (Å²) in [5.74, 6) is 1.32. The number of hydrogen-bond donors (Lipinski definition) is 1. The van der Waals surface area contributed by atoms with Gasteiger partial charge >= 0.3 is 5.69 Å². The van der Waals surface area contributed by atoms with E-state index in [0.29, 0.717) is 47.7 Å². The molecule has 3 aromatic heterocycles. The van der Waals surface area contributed by atoms with E-state index in [2.05, 4.69) is 24.8 Å². The lowest BCUT2D eigenvalue weighted by atomic mass is 10.2. The molecule has 1 aliphatic rings. The Labute approximate surface area is 170 Å². The molecule has 2 atom stereocenters. The lowest BCUT2D eigenvalue weighted by Crippen LogP contribution is -2.46. The highest BCUT2D eigenvalue weighted by molar-refractivity contribution is 7.99. The number of imidazole rings is 1. The predicted octanol–water partition coefficient (Wildman–Crippen LogP) is 0.619. The van der Waals surface area contributed by atoms with Gasteiger partial charge in [0, 0.05) is 44.8 Å². The lowest BCUT2D eigenvalue weighted by Gasteiger charge is -2.36. The molecule has 0 radical (unpaired) electrons. The smallest absolute Gasteiger partial charge is 0.329 e. The first-order valence-corrected chi connectivity index (χ1v) is 10.4. The van der Waals surface area contributed by atoms with E-state index in [-0.39, 0.29) is 12.2 Å². The average molecular weight is 417 g/mol. The van der Waals surface area contributed by atoms with Crippen molar-refractivity contribution in [2.75, 3.05) is 23.7 Å². The van der Waals surface area contributed by atoms with Crippen LogP contribution in [0.5, 0.6) is 0 Å². The van der Waals surface area contributed by atoms with Crippen LogP contribution in [-0.4, -0.2) is 60.1 Å². The van der Waals surface area contributed by atoms with Crippen molar-refractivity contribution >= 4 is 28.9 Å². The van der Waals surface area contributed by atoms with Crippen molar-refractivity contribution < 1.29 is 4.74 Å². The summed E-state index contributed by atoms with van der Waals surface area (Å²) in [5, 5.41) is 0.674. The number of nitrogens with one attached hydrogen (secondary N) is 1. The summed E-state index contributed by atoms with van der Waals surface area (Å²) >= 11 is 1.50. The lowest BCUT2D eigenvalue weighted by molar-refractivity contribution is -0.00586. The molecule has 1 fully saturated rings. The van der Waals surface area contributed by atoms with Crippen LogP contribution in [-0.2, 0) is 18.3 Å². The largest absolute Gasteiger partial charge is 0.372 e. The van der Waals surface area contributed by atoms with Gasteiger partial charge in [0.1, 0.15) is 0 Å². The molecule has 1 saturated heterocycles. The van der Waals surface area contributed by atoms with Gasteiger partial charge in [-0.1, -0.05) is 11.8 Å². The Hall–Kier alpha value is -2.66. The highest BCUT2D eigenvalue weighted by Crippen LogP contribution is 2.24. The van der Waals surface area contributed by atoms with Gasteiger partial charge in [-0.05, 0) is 19.9 Å². The molecule has 29 heavy (non-hydrogen) atoms. The van der Waals surface area contributed by atoms with Crippen LogP contribution in [0, 0.1) is 0 Å². The van der Waals surface area contributed by atoms with Gasteiger partial charge in [0.25, 0.3) is 5.56 Å². The molecule has 1 aliphatic heterocycles. The standard InChI is InChI=1S/C18H23N7O3S/c1-11-9-24(10-12(2)28-11)17-21-14-13(15(26)22-18(27)23(14)3)25(17)7-8-29-16-19-5-4-6-20-16/h4-6,11-12H,7-10H2,1-3H3,(H,22,26,27)/t11-,12-/m0/s1. The van der Waals surface area contributed by atoms with E-state index in [1.807, 2.05) is 18.4 Å². The Morgan fingerprint density at radius 1 is 1.21 bits per heavy atom. The van der Waals surface area contributed by atoms with E-state index in [9.17, 15) is 9.59 Å². The Bertz CT molecular complexity index is 1110. The molecule has 0 amide bonds. The molecule has 4 rings (SSSR count). The fourth-order valence-corrected chi connectivity index (χ4v) is 4.33. The maximum absolute atomic E-state index is 12.6. The number of aromatic amines is 1. The van der Waals surface area contributed by atoms with Crippen LogP contribution in [0.15, 0.2) is 33.2 Å². The molecule has 0 saturated carbocycles. The molecule has 0 aromatic carbocycles. The van der Waals surface area contributed by atoms with Crippen molar-refractivity contribution in [1.29, 1.82) is 0 Å². The minimum Gasteiger partial charge on any atom is -0.372 e. The summed E-state index contributed by atoms with van der Waals surface area (Å²) in [4.78, 5) is 42.3. The number of anilines is 1. The Morgan fingerprint density at radius 3 is 2.59 bits per heavy atom. The normalized spacial score (nSPS) is 19.8. The number of rotatable bonds is 5. The van der Waals surface area contributed by atoms with Crippen molar-refractivity contribution in [1.82, 2.24) is 29.1 Å². The van der Waals surface area contributed by atoms with E-state index in [1.54, 1.807) is 25.5 Å². The summed E-state index contributed by atoms with van der Waals surface area (Å²) < 4.78 is 9.09. The first-order valence-electron chi connectivity index (χ1n) is 9.44. The molecule has 0 aliphatic carbocycles. The van der Waals surface area contributed by atoms with Crippen molar-refractivity contribution in [2.24, 2.45) is 7.05 Å².